The van der Waals surface area contributed by atoms with Crippen LogP contribution in [0, 0.1) is 16.7 Å². The Morgan fingerprint density at radius 3 is 1.82 bits per heavy atom. The molecule has 22 heavy (non-hydrogen) atoms. The van der Waals surface area contributed by atoms with E-state index in [2.05, 4.69) is 0 Å². The van der Waals surface area contributed by atoms with Crippen LogP contribution in [0.1, 0.15) is 66.2 Å². The third-order valence-electron chi connectivity index (χ3n) is 7.10. The largest absolute Gasteiger partial charge is 0.390 e. The molecule has 4 saturated carbocycles. The molecule has 4 aliphatic carbocycles. The zero-order chi connectivity index (χ0) is 16.4. The first-order valence-corrected chi connectivity index (χ1v) is 8.54. The van der Waals surface area contributed by atoms with Gasteiger partial charge in [0.1, 0.15) is 6.79 Å². The summed E-state index contributed by atoms with van der Waals surface area (Å²) in [5.74, 6) is 0.519. The molecule has 4 rings (SSSR count). The van der Waals surface area contributed by atoms with Crippen molar-refractivity contribution in [2.24, 2.45) is 16.7 Å². The normalized spacial score (nSPS) is 44.6. The van der Waals surface area contributed by atoms with Gasteiger partial charge in [0, 0.05) is 17.9 Å². The van der Waals surface area contributed by atoms with E-state index >= 15 is 0 Å². The maximum absolute atomic E-state index is 10.9. The van der Waals surface area contributed by atoms with E-state index in [9.17, 15) is 10.2 Å². The van der Waals surface area contributed by atoms with Gasteiger partial charge in [-0.1, -0.05) is 0 Å². The van der Waals surface area contributed by atoms with Crippen LogP contribution in [0.4, 0.5) is 0 Å². The first kappa shape index (κ1) is 16.7. The Hall–Kier alpha value is -0.160. The average Bonchev–Trinajstić information content (AvgIpc) is 2.32. The summed E-state index contributed by atoms with van der Waals surface area (Å²) in [5, 5.41) is 21.9. The van der Waals surface area contributed by atoms with E-state index in [-0.39, 0.29) is 23.2 Å². The van der Waals surface area contributed by atoms with Crippen molar-refractivity contribution in [3.63, 3.8) is 0 Å². The van der Waals surface area contributed by atoms with Crippen molar-refractivity contribution < 1.29 is 19.7 Å². The fourth-order valence-electron chi connectivity index (χ4n) is 6.06. The molecule has 0 aromatic carbocycles. The summed E-state index contributed by atoms with van der Waals surface area (Å²) in [7, 11) is 1.65. The van der Waals surface area contributed by atoms with Crippen molar-refractivity contribution in [1.29, 1.82) is 0 Å². The molecule has 0 spiro atoms. The lowest BCUT2D eigenvalue weighted by atomic mass is 9.37. The summed E-state index contributed by atoms with van der Waals surface area (Å²) in [6.07, 6.45) is 5.77. The maximum Gasteiger partial charge on any atom is 0.147 e. The zero-order valence-electron chi connectivity index (χ0n) is 14.7. The minimum Gasteiger partial charge on any atom is -0.390 e. The smallest absolute Gasteiger partial charge is 0.147 e. The summed E-state index contributed by atoms with van der Waals surface area (Å²) in [6, 6.07) is 0. The molecule has 4 fully saturated rings. The fraction of sp³-hybridized carbons (Fsp3) is 1.00. The summed E-state index contributed by atoms with van der Waals surface area (Å²) in [5.41, 5.74) is -2.11. The van der Waals surface area contributed by atoms with Gasteiger partial charge in [-0.3, -0.25) is 0 Å². The average molecular weight is 312 g/mol. The molecule has 2 atom stereocenters. The first-order valence-electron chi connectivity index (χ1n) is 8.54. The van der Waals surface area contributed by atoms with Crippen molar-refractivity contribution >= 4 is 0 Å². The van der Waals surface area contributed by atoms with Crippen LogP contribution in [0.25, 0.3) is 0 Å². The summed E-state index contributed by atoms with van der Waals surface area (Å²) < 4.78 is 11.4. The Morgan fingerprint density at radius 1 is 0.909 bits per heavy atom. The Morgan fingerprint density at radius 2 is 1.41 bits per heavy atom. The molecule has 0 radical (unpaired) electrons. The molecule has 0 aromatic rings. The second kappa shape index (κ2) is 4.69. The third-order valence-corrected chi connectivity index (χ3v) is 7.10. The summed E-state index contributed by atoms with van der Waals surface area (Å²) in [4.78, 5) is 0. The molecule has 0 amide bonds. The van der Waals surface area contributed by atoms with E-state index < -0.39 is 11.2 Å². The molecule has 4 bridgehead atoms. The minimum atomic E-state index is -0.759. The van der Waals surface area contributed by atoms with Gasteiger partial charge in [-0.05, 0) is 72.1 Å². The van der Waals surface area contributed by atoms with Crippen LogP contribution in [0.3, 0.4) is 0 Å². The molecule has 0 aromatic heterocycles. The van der Waals surface area contributed by atoms with Gasteiger partial charge in [-0.2, -0.15) is 0 Å². The Labute approximate surface area is 134 Å². The van der Waals surface area contributed by atoms with Crippen molar-refractivity contribution in [3.05, 3.63) is 0 Å². The second-order valence-corrected chi connectivity index (χ2v) is 9.42. The third kappa shape index (κ3) is 2.26. The monoisotopic (exact) mass is 312 g/mol. The molecule has 2 unspecified atom stereocenters. The van der Waals surface area contributed by atoms with Crippen molar-refractivity contribution in [2.45, 2.75) is 83.0 Å². The Bertz CT molecular complexity index is 415. The van der Waals surface area contributed by atoms with Crippen LogP contribution in [0.15, 0.2) is 0 Å². The molecule has 0 saturated heterocycles. The van der Waals surface area contributed by atoms with E-state index in [1.54, 1.807) is 7.11 Å². The summed E-state index contributed by atoms with van der Waals surface area (Å²) in [6.45, 7) is 8.02. The van der Waals surface area contributed by atoms with E-state index in [1.165, 1.54) is 0 Å². The highest BCUT2D eigenvalue weighted by atomic mass is 16.7. The van der Waals surface area contributed by atoms with Gasteiger partial charge in [-0.25, -0.2) is 0 Å². The topological polar surface area (TPSA) is 58.9 Å². The molecule has 4 aliphatic rings. The zero-order valence-corrected chi connectivity index (χ0v) is 14.7. The maximum atomic E-state index is 10.9. The molecule has 0 aliphatic heterocycles. The molecular formula is C18H32O4. The number of ether oxygens (including phenoxy) is 2. The van der Waals surface area contributed by atoms with Gasteiger partial charge in [0.2, 0.25) is 0 Å². The number of hydrogen-bond donors (Lipinski definition) is 2. The lowest BCUT2D eigenvalue weighted by molar-refractivity contribution is -0.303. The molecule has 2 N–H and O–H groups in total. The second-order valence-electron chi connectivity index (χ2n) is 9.42. The Kier molecular flexibility index (Phi) is 3.55. The quantitative estimate of drug-likeness (QED) is 0.766. The van der Waals surface area contributed by atoms with Crippen molar-refractivity contribution in [1.82, 2.24) is 0 Å². The van der Waals surface area contributed by atoms with Gasteiger partial charge in [0.05, 0.1) is 16.8 Å². The number of hydrogen-bond acceptors (Lipinski definition) is 4. The molecular weight excluding hydrogens is 280 g/mol. The van der Waals surface area contributed by atoms with Crippen LogP contribution in [0.5, 0.6) is 0 Å². The first-order chi connectivity index (χ1) is 9.97. The fourth-order valence-corrected chi connectivity index (χ4v) is 6.06. The van der Waals surface area contributed by atoms with Gasteiger partial charge < -0.3 is 19.7 Å². The van der Waals surface area contributed by atoms with Crippen molar-refractivity contribution in [2.75, 3.05) is 13.9 Å². The summed E-state index contributed by atoms with van der Waals surface area (Å²) >= 11 is 0. The van der Waals surface area contributed by atoms with Crippen LogP contribution < -0.4 is 0 Å². The highest BCUT2D eigenvalue weighted by Crippen LogP contribution is 2.72. The number of rotatable bonds is 5. The van der Waals surface area contributed by atoms with E-state index in [0.29, 0.717) is 5.92 Å². The molecule has 4 nitrogen and oxygen atoms in total. The van der Waals surface area contributed by atoms with Crippen LogP contribution in [-0.2, 0) is 9.47 Å². The van der Waals surface area contributed by atoms with E-state index in [4.69, 9.17) is 9.47 Å². The lowest BCUT2D eigenvalue weighted by Crippen LogP contribution is -2.70. The van der Waals surface area contributed by atoms with Crippen LogP contribution in [0.2, 0.25) is 0 Å². The number of aliphatic hydroxyl groups is 2. The molecule has 4 heteroatoms. The van der Waals surface area contributed by atoms with Crippen molar-refractivity contribution in [3.8, 4) is 0 Å². The Balaban J connectivity index is 2.04. The van der Waals surface area contributed by atoms with Gasteiger partial charge >= 0.3 is 0 Å². The van der Waals surface area contributed by atoms with E-state index in [1.807, 2.05) is 27.7 Å². The van der Waals surface area contributed by atoms with Gasteiger partial charge in [-0.15, -0.1) is 0 Å². The van der Waals surface area contributed by atoms with Gasteiger partial charge in [0.25, 0.3) is 0 Å². The van der Waals surface area contributed by atoms with Gasteiger partial charge in [0.15, 0.2) is 0 Å². The van der Waals surface area contributed by atoms with Crippen LogP contribution in [-0.4, -0.2) is 40.9 Å². The SMILES string of the molecule is COCOC12CC3CC(C(C)(C)O)(C1)CC(C(C)(C)O)(C3)C2. The molecule has 128 valence electrons. The van der Waals surface area contributed by atoms with E-state index in [0.717, 1.165) is 38.5 Å². The minimum absolute atomic E-state index is 0.167. The predicted molar refractivity (Wildman–Crippen MR) is 84.3 cm³/mol. The predicted octanol–water partition coefficient (Wildman–Crippen LogP) is 2.86. The molecule has 0 heterocycles. The number of methoxy groups -OCH3 is 1. The standard InChI is InChI=1S/C18H32O4/c1-14(2,19)16-6-13-7-17(9-16,15(3,4)20)11-18(8-13,10-16)22-12-21-5/h13,19-20H,6-12H2,1-5H3. The lowest BCUT2D eigenvalue weighted by Gasteiger charge is -2.71. The van der Waals surface area contributed by atoms with Crippen LogP contribution >= 0.6 is 0 Å². The highest BCUT2D eigenvalue weighted by Gasteiger charge is 2.70. The highest BCUT2D eigenvalue weighted by molar-refractivity contribution is 5.20.